The van der Waals surface area contributed by atoms with Crippen LogP contribution in [0.2, 0.25) is 0 Å². The molecule has 2 rings (SSSR count). The Morgan fingerprint density at radius 2 is 1.32 bits per heavy atom. The van der Waals surface area contributed by atoms with E-state index in [1.807, 2.05) is 0 Å². The van der Waals surface area contributed by atoms with E-state index in [4.69, 9.17) is 0 Å². The van der Waals surface area contributed by atoms with Crippen molar-refractivity contribution < 1.29 is 9.85 Å². The van der Waals surface area contributed by atoms with E-state index in [1.54, 1.807) is 24.3 Å². The summed E-state index contributed by atoms with van der Waals surface area (Å²) in [7, 11) is 0. The van der Waals surface area contributed by atoms with E-state index in [2.05, 4.69) is 6.92 Å². The molecule has 0 aliphatic rings. The van der Waals surface area contributed by atoms with E-state index in [-0.39, 0.29) is 0 Å². The smallest absolute Gasteiger partial charge is 0.258 e. The van der Waals surface area contributed by atoms with Crippen LogP contribution >= 0.6 is 0 Å². The van der Waals surface area contributed by atoms with Gasteiger partial charge in [-0.3, -0.25) is 20.2 Å². The van der Waals surface area contributed by atoms with Gasteiger partial charge in [-0.25, -0.2) is 0 Å². The summed E-state index contributed by atoms with van der Waals surface area (Å²) in [6.07, 6.45) is 0. The van der Waals surface area contributed by atoms with E-state index in [9.17, 15) is 20.2 Å². The first kappa shape index (κ1) is 12.7. The number of benzene rings is 2. The predicted molar refractivity (Wildman–Crippen MR) is 69.6 cm³/mol. The van der Waals surface area contributed by atoms with Gasteiger partial charge in [0.25, 0.3) is 0 Å². The van der Waals surface area contributed by atoms with E-state index >= 15 is 0 Å². The highest BCUT2D eigenvalue weighted by Gasteiger charge is 2.24. The lowest BCUT2D eigenvalue weighted by molar-refractivity contribution is -0.422. The lowest BCUT2D eigenvalue weighted by atomic mass is 10.0. The van der Waals surface area contributed by atoms with Crippen molar-refractivity contribution in [3.8, 4) is 11.1 Å². The molecule has 0 aromatic heterocycles. The molecule has 19 heavy (non-hydrogen) atoms. The molecule has 1 radical (unpaired) electrons. The van der Waals surface area contributed by atoms with Gasteiger partial charge in [0.15, 0.2) is 0 Å². The summed E-state index contributed by atoms with van der Waals surface area (Å²) in [5, 5.41) is 21.6. The van der Waals surface area contributed by atoms with Crippen LogP contribution in [0.1, 0.15) is 5.56 Å². The molecule has 0 atom stereocenters. The van der Waals surface area contributed by atoms with Crippen molar-refractivity contribution in [3.05, 3.63) is 75.2 Å². The molecule has 0 heterocycles. The molecule has 0 N–H and O–H groups in total. The summed E-state index contributed by atoms with van der Waals surface area (Å²) in [5.74, 6) is 0. The zero-order chi connectivity index (χ0) is 14.0. The van der Waals surface area contributed by atoms with Crippen molar-refractivity contribution in [2.75, 3.05) is 0 Å². The lowest BCUT2D eigenvalue weighted by Crippen LogP contribution is -1.96. The summed E-state index contributed by atoms with van der Waals surface area (Å²) >= 11 is 0. The number of rotatable bonds is 3. The SMILES string of the molecule is [CH2]c1ccc(-c2ccc([N+](=O)[O-])c([N+](=O)[O-])c2)cc1. The van der Waals surface area contributed by atoms with Crippen LogP contribution in [0.5, 0.6) is 0 Å². The minimum atomic E-state index is -0.763. The highest BCUT2D eigenvalue weighted by atomic mass is 16.6. The average Bonchev–Trinajstić information content (AvgIpc) is 2.38. The lowest BCUT2D eigenvalue weighted by Gasteiger charge is -2.02. The summed E-state index contributed by atoms with van der Waals surface area (Å²) in [6, 6.07) is 10.9. The third kappa shape index (κ3) is 2.57. The Morgan fingerprint density at radius 1 is 0.789 bits per heavy atom. The Kier molecular flexibility index (Phi) is 3.24. The van der Waals surface area contributed by atoms with E-state index in [0.29, 0.717) is 5.56 Å². The van der Waals surface area contributed by atoms with Gasteiger partial charge in [0, 0.05) is 12.1 Å². The number of nitrogens with zero attached hydrogens (tertiary/aromatic N) is 2. The molecule has 0 bridgehead atoms. The monoisotopic (exact) mass is 257 g/mol. The highest BCUT2D eigenvalue weighted by Crippen LogP contribution is 2.31. The van der Waals surface area contributed by atoms with Gasteiger partial charge in [0.1, 0.15) is 0 Å². The fraction of sp³-hybridized carbons (Fsp3) is 0. The van der Waals surface area contributed by atoms with Crippen LogP contribution in [-0.4, -0.2) is 9.85 Å². The number of hydrogen-bond donors (Lipinski definition) is 0. The molecule has 2 aromatic carbocycles. The molecule has 6 heteroatoms. The normalized spacial score (nSPS) is 10.2. The molecule has 0 aliphatic carbocycles. The summed E-state index contributed by atoms with van der Waals surface area (Å²) < 4.78 is 0. The first-order valence-corrected chi connectivity index (χ1v) is 5.34. The quantitative estimate of drug-likeness (QED) is 0.623. The molecule has 0 spiro atoms. The largest absolute Gasteiger partial charge is 0.346 e. The van der Waals surface area contributed by atoms with E-state index in [1.165, 1.54) is 12.1 Å². The first-order chi connectivity index (χ1) is 8.99. The molecule has 0 saturated heterocycles. The summed E-state index contributed by atoms with van der Waals surface area (Å²) in [5.41, 5.74) is 1.09. The highest BCUT2D eigenvalue weighted by molar-refractivity contribution is 5.70. The average molecular weight is 257 g/mol. The number of hydrogen-bond acceptors (Lipinski definition) is 4. The summed E-state index contributed by atoms with van der Waals surface area (Å²) in [4.78, 5) is 20.1. The Balaban J connectivity index is 2.55. The van der Waals surface area contributed by atoms with Gasteiger partial charge in [-0.05, 0) is 29.7 Å². The molecule has 0 unspecified atom stereocenters. The van der Waals surface area contributed by atoms with Crippen molar-refractivity contribution in [2.45, 2.75) is 0 Å². The predicted octanol–water partition coefficient (Wildman–Crippen LogP) is 3.35. The molecule has 95 valence electrons. The van der Waals surface area contributed by atoms with Gasteiger partial charge in [-0.1, -0.05) is 24.3 Å². The Labute approximate surface area is 108 Å². The zero-order valence-electron chi connectivity index (χ0n) is 9.78. The second-order valence-electron chi connectivity index (χ2n) is 3.91. The molecule has 2 aromatic rings. The van der Waals surface area contributed by atoms with Crippen molar-refractivity contribution in [2.24, 2.45) is 0 Å². The van der Waals surface area contributed by atoms with Crippen LogP contribution in [0.4, 0.5) is 11.4 Å². The molecular formula is C13H9N2O4. The van der Waals surface area contributed by atoms with Gasteiger partial charge in [0.2, 0.25) is 0 Å². The topological polar surface area (TPSA) is 86.3 Å². The molecule has 0 aliphatic heterocycles. The zero-order valence-corrected chi connectivity index (χ0v) is 9.78. The Hall–Kier alpha value is -2.76. The standard InChI is InChI=1S/C13H9N2O4/c1-9-2-4-10(5-3-9)11-6-7-12(14(16)17)13(8-11)15(18)19/h2-8H,1H2. The summed E-state index contributed by atoms with van der Waals surface area (Å²) in [6.45, 7) is 3.74. The minimum Gasteiger partial charge on any atom is -0.258 e. The molecule has 0 fully saturated rings. The Morgan fingerprint density at radius 3 is 1.84 bits per heavy atom. The maximum atomic E-state index is 10.9. The molecule has 0 saturated carbocycles. The van der Waals surface area contributed by atoms with Crippen molar-refractivity contribution >= 4 is 11.4 Å². The molecular weight excluding hydrogens is 248 g/mol. The number of nitro groups is 2. The first-order valence-electron chi connectivity index (χ1n) is 5.34. The van der Waals surface area contributed by atoms with Gasteiger partial charge < -0.3 is 0 Å². The van der Waals surface area contributed by atoms with Crippen molar-refractivity contribution in [1.29, 1.82) is 0 Å². The van der Waals surface area contributed by atoms with Crippen LogP contribution in [-0.2, 0) is 0 Å². The van der Waals surface area contributed by atoms with Crippen LogP contribution < -0.4 is 0 Å². The van der Waals surface area contributed by atoms with Gasteiger partial charge >= 0.3 is 11.4 Å². The van der Waals surface area contributed by atoms with Crippen LogP contribution in [0.25, 0.3) is 11.1 Å². The fourth-order valence-electron chi connectivity index (χ4n) is 1.70. The van der Waals surface area contributed by atoms with Crippen molar-refractivity contribution in [3.63, 3.8) is 0 Å². The van der Waals surface area contributed by atoms with Crippen molar-refractivity contribution in [1.82, 2.24) is 0 Å². The van der Waals surface area contributed by atoms with E-state index in [0.717, 1.165) is 17.2 Å². The van der Waals surface area contributed by atoms with Gasteiger partial charge in [0.05, 0.1) is 9.85 Å². The third-order valence-electron chi connectivity index (χ3n) is 2.66. The second-order valence-corrected chi connectivity index (χ2v) is 3.91. The minimum absolute atomic E-state index is 0.512. The molecule has 0 amide bonds. The second kappa shape index (κ2) is 4.85. The van der Waals surface area contributed by atoms with Crippen LogP contribution in [0.3, 0.4) is 0 Å². The van der Waals surface area contributed by atoms with E-state index < -0.39 is 21.2 Å². The maximum absolute atomic E-state index is 10.9. The maximum Gasteiger partial charge on any atom is 0.346 e. The van der Waals surface area contributed by atoms with Gasteiger partial charge in [-0.2, -0.15) is 0 Å². The molecule has 6 nitrogen and oxygen atoms in total. The van der Waals surface area contributed by atoms with Crippen LogP contribution in [0, 0.1) is 27.2 Å². The fourth-order valence-corrected chi connectivity index (χ4v) is 1.70. The van der Waals surface area contributed by atoms with Crippen LogP contribution in [0.15, 0.2) is 42.5 Å². The van der Waals surface area contributed by atoms with Gasteiger partial charge in [-0.15, -0.1) is 0 Å². The Bertz CT molecular complexity index is 650. The number of nitro benzene ring substituents is 2. The third-order valence-corrected chi connectivity index (χ3v) is 2.66.